The average molecular weight is 409 g/mol. The zero-order valence-corrected chi connectivity index (χ0v) is 16.9. The van der Waals surface area contributed by atoms with Gasteiger partial charge in [0, 0.05) is 17.0 Å². The SMILES string of the molecule is COc1ccc(-c2csc(NC(=O)C(C)Oc3ccc(C#N)cc3)n2)c(OC)c1. The van der Waals surface area contributed by atoms with Crippen LogP contribution in [0, 0.1) is 11.3 Å². The predicted molar refractivity (Wildman–Crippen MR) is 111 cm³/mol. The van der Waals surface area contributed by atoms with Crippen molar-refractivity contribution < 1.29 is 19.0 Å². The Hall–Kier alpha value is -3.57. The molecule has 8 heteroatoms. The summed E-state index contributed by atoms with van der Waals surface area (Å²) >= 11 is 1.31. The van der Waals surface area contributed by atoms with Gasteiger partial charge in [-0.15, -0.1) is 11.3 Å². The maximum Gasteiger partial charge on any atom is 0.266 e. The third-order valence-corrected chi connectivity index (χ3v) is 4.84. The summed E-state index contributed by atoms with van der Waals surface area (Å²) in [7, 11) is 3.17. The van der Waals surface area contributed by atoms with Gasteiger partial charge in [0.15, 0.2) is 11.2 Å². The lowest BCUT2D eigenvalue weighted by atomic mass is 10.1. The largest absolute Gasteiger partial charge is 0.497 e. The molecule has 0 fully saturated rings. The first-order valence-electron chi connectivity index (χ1n) is 8.69. The van der Waals surface area contributed by atoms with Crippen LogP contribution in [0.3, 0.4) is 0 Å². The summed E-state index contributed by atoms with van der Waals surface area (Å²) in [6, 6.07) is 14.1. The van der Waals surface area contributed by atoms with Gasteiger partial charge in [0.05, 0.1) is 31.5 Å². The molecule has 0 bridgehead atoms. The van der Waals surface area contributed by atoms with Crippen LogP contribution in [0.5, 0.6) is 17.2 Å². The van der Waals surface area contributed by atoms with Gasteiger partial charge in [0.2, 0.25) is 0 Å². The van der Waals surface area contributed by atoms with E-state index in [1.54, 1.807) is 51.5 Å². The van der Waals surface area contributed by atoms with E-state index in [-0.39, 0.29) is 5.91 Å². The maximum absolute atomic E-state index is 12.4. The van der Waals surface area contributed by atoms with Crippen LogP contribution in [-0.2, 0) is 4.79 Å². The average Bonchev–Trinajstić information content (AvgIpc) is 3.21. The van der Waals surface area contributed by atoms with E-state index < -0.39 is 6.10 Å². The van der Waals surface area contributed by atoms with Gasteiger partial charge >= 0.3 is 0 Å². The molecule has 3 aromatic rings. The summed E-state index contributed by atoms with van der Waals surface area (Å²) in [5.41, 5.74) is 2.01. The lowest BCUT2D eigenvalue weighted by molar-refractivity contribution is -0.122. The van der Waals surface area contributed by atoms with E-state index in [9.17, 15) is 4.79 Å². The number of rotatable bonds is 7. The van der Waals surface area contributed by atoms with Crippen molar-refractivity contribution in [3.63, 3.8) is 0 Å². The lowest BCUT2D eigenvalue weighted by Crippen LogP contribution is -2.30. The number of carbonyl (C=O) groups is 1. The molecule has 0 aliphatic heterocycles. The van der Waals surface area contributed by atoms with Gasteiger partial charge in [0.1, 0.15) is 17.2 Å². The number of aromatic nitrogens is 1. The third kappa shape index (κ3) is 4.83. The van der Waals surface area contributed by atoms with Crippen LogP contribution in [0.2, 0.25) is 0 Å². The molecule has 1 N–H and O–H groups in total. The monoisotopic (exact) mass is 409 g/mol. The number of nitriles is 1. The number of anilines is 1. The first-order chi connectivity index (χ1) is 14.0. The highest BCUT2D eigenvalue weighted by atomic mass is 32.1. The van der Waals surface area contributed by atoms with Crippen molar-refractivity contribution in [3.05, 3.63) is 53.4 Å². The van der Waals surface area contributed by atoms with Crippen LogP contribution >= 0.6 is 11.3 Å². The molecule has 0 aliphatic carbocycles. The smallest absolute Gasteiger partial charge is 0.266 e. The van der Waals surface area contributed by atoms with Crippen molar-refractivity contribution in [1.82, 2.24) is 4.98 Å². The Labute approximate surface area is 172 Å². The summed E-state index contributed by atoms with van der Waals surface area (Å²) in [5, 5.41) is 13.9. The molecule has 1 aromatic heterocycles. The molecule has 0 saturated heterocycles. The van der Waals surface area contributed by atoms with Crippen LogP contribution in [0.25, 0.3) is 11.3 Å². The van der Waals surface area contributed by atoms with Crippen molar-refractivity contribution in [2.24, 2.45) is 0 Å². The number of ether oxygens (including phenoxy) is 3. The van der Waals surface area contributed by atoms with Crippen molar-refractivity contribution in [1.29, 1.82) is 5.26 Å². The van der Waals surface area contributed by atoms with Crippen molar-refractivity contribution in [2.45, 2.75) is 13.0 Å². The number of hydrogen-bond donors (Lipinski definition) is 1. The fraction of sp³-hybridized carbons (Fsp3) is 0.190. The van der Waals surface area contributed by atoms with Gasteiger partial charge in [0.25, 0.3) is 5.91 Å². The summed E-state index contributed by atoms with van der Waals surface area (Å²) in [6.07, 6.45) is -0.731. The minimum atomic E-state index is -0.731. The first-order valence-corrected chi connectivity index (χ1v) is 9.57. The van der Waals surface area contributed by atoms with E-state index >= 15 is 0 Å². The predicted octanol–water partition coefficient (Wildman–Crippen LogP) is 4.10. The Morgan fingerprint density at radius 2 is 1.86 bits per heavy atom. The second-order valence-corrected chi connectivity index (χ2v) is 6.85. The number of carbonyl (C=O) groups excluding carboxylic acids is 1. The van der Waals surface area contributed by atoms with Gasteiger partial charge < -0.3 is 14.2 Å². The molecule has 1 heterocycles. The van der Waals surface area contributed by atoms with E-state index in [0.29, 0.717) is 33.6 Å². The number of hydrogen-bond acceptors (Lipinski definition) is 7. The van der Waals surface area contributed by atoms with Gasteiger partial charge in [-0.1, -0.05) is 0 Å². The lowest BCUT2D eigenvalue weighted by Gasteiger charge is -2.13. The standard InChI is InChI=1S/C21H19N3O4S/c1-13(28-15-6-4-14(11-22)5-7-15)20(25)24-21-23-18(12-29-21)17-9-8-16(26-2)10-19(17)27-3/h4-10,12-13H,1-3H3,(H,23,24,25). The Morgan fingerprint density at radius 3 is 2.52 bits per heavy atom. The number of methoxy groups -OCH3 is 2. The van der Waals surface area contributed by atoms with Gasteiger partial charge in [-0.05, 0) is 43.3 Å². The van der Waals surface area contributed by atoms with E-state index in [2.05, 4.69) is 10.3 Å². The number of benzene rings is 2. The third-order valence-electron chi connectivity index (χ3n) is 4.08. The van der Waals surface area contributed by atoms with Crippen LogP contribution in [0.15, 0.2) is 47.8 Å². The van der Waals surface area contributed by atoms with Crippen molar-refractivity contribution in [2.75, 3.05) is 19.5 Å². The zero-order chi connectivity index (χ0) is 20.8. The van der Waals surface area contributed by atoms with E-state index in [1.165, 1.54) is 11.3 Å². The molecule has 1 atom stereocenters. The molecule has 7 nitrogen and oxygen atoms in total. The molecule has 1 unspecified atom stereocenters. The van der Waals surface area contributed by atoms with Gasteiger partial charge in [-0.25, -0.2) is 4.98 Å². The fourth-order valence-corrected chi connectivity index (χ4v) is 3.25. The minimum absolute atomic E-state index is 0.322. The maximum atomic E-state index is 12.4. The van der Waals surface area contributed by atoms with Crippen molar-refractivity contribution in [3.8, 4) is 34.6 Å². The Morgan fingerprint density at radius 1 is 1.14 bits per heavy atom. The van der Waals surface area contributed by atoms with E-state index in [0.717, 1.165) is 5.56 Å². The minimum Gasteiger partial charge on any atom is -0.497 e. The molecule has 0 saturated carbocycles. The number of nitrogens with zero attached hydrogens (tertiary/aromatic N) is 2. The number of nitrogens with one attached hydrogen (secondary N) is 1. The molecule has 0 spiro atoms. The first kappa shape index (κ1) is 20.2. The number of thiazole rings is 1. The molecule has 148 valence electrons. The molecular formula is C21H19N3O4S. The summed E-state index contributed by atoms with van der Waals surface area (Å²) in [4.78, 5) is 16.9. The second-order valence-electron chi connectivity index (χ2n) is 5.99. The molecule has 1 amide bonds. The Kier molecular flexibility index (Phi) is 6.32. The molecule has 29 heavy (non-hydrogen) atoms. The van der Waals surface area contributed by atoms with Crippen LogP contribution < -0.4 is 19.5 Å². The highest BCUT2D eigenvalue weighted by molar-refractivity contribution is 7.14. The quantitative estimate of drug-likeness (QED) is 0.631. The summed E-state index contributed by atoms with van der Waals surface area (Å²) < 4.78 is 16.2. The zero-order valence-electron chi connectivity index (χ0n) is 16.1. The normalized spacial score (nSPS) is 11.2. The van der Waals surface area contributed by atoms with E-state index in [1.807, 2.05) is 23.6 Å². The highest BCUT2D eigenvalue weighted by Crippen LogP contribution is 2.34. The Bertz CT molecular complexity index is 1040. The summed E-state index contributed by atoms with van der Waals surface area (Å²) in [5.74, 6) is 1.50. The molecular weight excluding hydrogens is 390 g/mol. The van der Waals surface area contributed by atoms with E-state index in [4.69, 9.17) is 19.5 Å². The summed E-state index contributed by atoms with van der Waals surface area (Å²) in [6.45, 7) is 1.65. The van der Waals surface area contributed by atoms with Gasteiger partial charge in [-0.3, -0.25) is 10.1 Å². The van der Waals surface area contributed by atoms with Crippen LogP contribution in [0.1, 0.15) is 12.5 Å². The topological polar surface area (TPSA) is 93.5 Å². The van der Waals surface area contributed by atoms with Crippen molar-refractivity contribution >= 4 is 22.4 Å². The Balaban J connectivity index is 1.67. The molecule has 3 rings (SSSR count). The highest BCUT2D eigenvalue weighted by Gasteiger charge is 2.18. The molecule has 2 aromatic carbocycles. The number of amides is 1. The van der Waals surface area contributed by atoms with Gasteiger partial charge in [-0.2, -0.15) is 5.26 Å². The molecule has 0 radical (unpaired) electrons. The second kappa shape index (κ2) is 9.08. The fourth-order valence-electron chi connectivity index (χ4n) is 2.54. The van der Waals surface area contributed by atoms with Crippen LogP contribution in [-0.4, -0.2) is 31.2 Å². The van der Waals surface area contributed by atoms with Crippen LogP contribution in [0.4, 0.5) is 5.13 Å². The molecule has 0 aliphatic rings.